The summed E-state index contributed by atoms with van der Waals surface area (Å²) in [6.45, 7) is 3.91. The number of hydrogen-bond acceptors (Lipinski definition) is 5. The molecule has 0 radical (unpaired) electrons. The number of imidazole rings is 1. The van der Waals surface area contributed by atoms with E-state index < -0.39 is 0 Å². The molecule has 24 heavy (non-hydrogen) atoms. The summed E-state index contributed by atoms with van der Waals surface area (Å²) in [6, 6.07) is 7.30. The van der Waals surface area contributed by atoms with E-state index in [4.69, 9.17) is 21.1 Å². The highest BCUT2D eigenvalue weighted by atomic mass is 35.5. The van der Waals surface area contributed by atoms with Crippen LogP contribution in [0, 0.1) is 13.8 Å². The molecule has 0 saturated carbocycles. The first-order valence-corrected chi connectivity index (χ1v) is 7.70. The van der Waals surface area contributed by atoms with Crippen LogP contribution in [0.3, 0.4) is 0 Å². The van der Waals surface area contributed by atoms with Crippen molar-refractivity contribution in [3.05, 3.63) is 46.7 Å². The van der Waals surface area contributed by atoms with Crippen molar-refractivity contribution in [2.75, 3.05) is 14.2 Å². The molecule has 2 heterocycles. The Kier molecular flexibility index (Phi) is 4.40. The molecule has 1 aromatic carbocycles. The van der Waals surface area contributed by atoms with E-state index in [1.54, 1.807) is 26.4 Å². The smallest absolute Gasteiger partial charge is 0.182 e. The molecule has 0 spiro atoms. The third kappa shape index (κ3) is 2.80. The van der Waals surface area contributed by atoms with Crippen LogP contribution in [-0.4, -0.2) is 23.6 Å². The number of pyridine rings is 1. The number of ether oxygens (including phenoxy) is 2. The molecular formula is C17H17ClN4O2. The van der Waals surface area contributed by atoms with Gasteiger partial charge in [0.25, 0.3) is 0 Å². The SMILES string of the molecule is COc1cc(N=Nc2c(C)nc3c(C)cccn23)c(OC)cc1Cl. The van der Waals surface area contributed by atoms with E-state index in [-0.39, 0.29) is 0 Å². The highest BCUT2D eigenvalue weighted by Crippen LogP contribution is 2.38. The summed E-state index contributed by atoms with van der Waals surface area (Å²) in [5, 5.41) is 9.13. The van der Waals surface area contributed by atoms with Crippen molar-refractivity contribution >= 4 is 28.8 Å². The van der Waals surface area contributed by atoms with Crippen LogP contribution in [0.1, 0.15) is 11.3 Å². The monoisotopic (exact) mass is 344 g/mol. The Balaban J connectivity index is 2.09. The van der Waals surface area contributed by atoms with Gasteiger partial charge < -0.3 is 9.47 Å². The Morgan fingerprint density at radius 1 is 1.08 bits per heavy atom. The van der Waals surface area contributed by atoms with E-state index in [9.17, 15) is 0 Å². The van der Waals surface area contributed by atoms with Gasteiger partial charge in [0.2, 0.25) is 0 Å². The van der Waals surface area contributed by atoms with Crippen LogP contribution in [0.15, 0.2) is 40.7 Å². The summed E-state index contributed by atoms with van der Waals surface area (Å²) in [6.07, 6.45) is 1.91. The number of aromatic nitrogens is 2. The van der Waals surface area contributed by atoms with Crippen LogP contribution in [0.4, 0.5) is 11.5 Å². The Hall–Kier alpha value is -2.60. The maximum atomic E-state index is 6.11. The van der Waals surface area contributed by atoms with Crippen molar-refractivity contribution in [3.8, 4) is 11.5 Å². The number of fused-ring (bicyclic) bond motifs is 1. The Labute approximate surface area is 144 Å². The minimum Gasteiger partial charge on any atom is -0.495 e. The van der Waals surface area contributed by atoms with Gasteiger partial charge in [0.1, 0.15) is 22.8 Å². The lowest BCUT2D eigenvalue weighted by molar-refractivity contribution is 0.404. The van der Waals surface area contributed by atoms with Gasteiger partial charge in [0.05, 0.1) is 24.9 Å². The van der Waals surface area contributed by atoms with Gasteiger partial charge in [-0.15, -0.1) is 10.2 Å². The fraction of sp³-hybridized carbons (Fsp3) is 0.235. The summed E-state index contributed by atoms with van der Waals surface area (Å²) in [5.41, 5.74) is 3.27. The summed E-state index contributed by atoms with van der Waals surface area (Å²) >= 11 is 6.11. The zero-order valence-electron chi connectivity index (χ0n) is 13.9. The first kappa shape index (κ1) is 16.3. The average molecular weight is 345 g/mol. The van der Waals surface area contributed by atoms with E-state index in [0.717, 1.165) is 16.9 Å². The molecule has 0 amide bonds. The van der Waals surface area contributed by atoms with Crippen LogP contribution in [0.25, 0.3) is 5.65 Å². The van der Waals surface area contributed by atoms with E-state index in [2.05, 4.69) is 15.2 Å². The molecule has 0 bridgehead atoms. The lowest BCUT2D eigenvalue weighted by atomic mass is 10.3. The Morgan fingerprint density at radius 2 is 1.83 bits per heavy atom. The second-order valence-electron chi connectivity index (χ2n) is 5.26. The lowest BCUT2D eigenvalue weighted by Gasteiger charge is -2.08. The van der Waals surface area contributed by atoms with Gasteiger partial charge in [-0.25, -0.2) is 4.98 Å². The molecule has 6 nitrogen and oxygen atoms in total. The average Bonchev–Trinajstić information content (AvgIpc) is 2.90. The number of azo groups is 1. The first-order chi connectivity index (χ1) is 11.5. The number of methoxy groups -OCH3 is 2. The second-order valence-corrected chi connectivity index (χ2v) is 5.67. The van der Waals surface area contributed by atoms with Crippen molar-refractivity contribution in [2.45, 2.75) is 13.8 Å². The number of hydrogen-bond donors (Lipinski definition) is 0. The van der Waals surface area contributed by atoms with E-state index in [1.165, 1.54) is 0 Å². The third-order valence-corrected chi connectivity index (χ3v) is 3.99. The lowest BCUT2D eigenvalue weighted by Crippen LogP contribution is -1.88. The van der Waals surface area contributed by atoms with E-state index in [0.29, 0.717) is 28.0 Å². The first-order valence-electron chi connectivity index (χ1n) is 7.32. The predicted octanol–water partition coefficient (Wildman–Crippen LogP) is 5.04. The molecule has 124 valence electrons. The molecule has 0 fully saturated rings. The van der Waals surface area contributed by atoms with Gasteiger partial charge in [-0.3, -0.25) is 4.40 Å². The van der Waals surface area contributed by atoms with Crippen LogP contribution < -0.4 is 9.47 Å². The topological polar surface area (TPSA) is 60.5 Å². The van der Waals surface area contributed by atoms with Gasteiger partial charge in [-0.05, 0) is 25.5 Å². The van der Waals surface area contributed by atoms with Crippen LogP contribution >= 0.6 is 11.6 Å². The molecule has 0 aliphatic heterocycles. The van der Waals surface area contributed by atoms with Crippen LogP contribution in [0.5, 0.6) is 11.5 Å². The summed E-state index contributed by atoms with van der Waals surface area (Å²) in [7, 11) is 3.10. The van der Waals surface area contributed by atoms with Crippen molar-refractivity contribution < 1.29 is 9.47 Å². The number of nitrogens with zero attached hydrogens (tertiary/aromatic N) is 4. The highest BCUT2D eigenvalue weighted by molar-refractivity contribution is 6.32. The number of halogens is 1. The van der Waals surface area contributed by atoms with Crippen molar-refractivity contribution in [3.63, 3.8) is 0 Å². The minimum atomic E-state index is 0.454. The molecule has 0 N–H and O–H groups in total. The Bertz CT molecular complexity index is 934. The molecule has 0 aliphatic carbocycles. The summed E-state index contributed by atoms with van der Waals surface area (Å²) in [4.78, 5) is 4.55. The fourth-order valence-electron chi connectivity index (χ4n) is 2.45. The molecule has 3 rings (SSSR count). The van der Waals surface area contributed by atoms with Gasteiger partial charge in [0, 0.05) is 18.3 Å². The van der Waals surface area contributed by atoms with Crippen molar-refractivity contribution in [2.24, 2.45) is 10.2 Å². The second kappa shape index (κ2) is 6.49. The van der Waals surface area contributed by atoms with Crippen LogP contribution in [0.2, 0.25) is 5.02 Å². The van der Waals surface area contributed by atoms with E-state index >= 15 is 0 Å². The molecule has 2 aromatic heterocycles. The van der Waals surface area contributed by atoms with Crippen molar-refractivity contribution in [1.82, 2.24) is 9.38 Å². The normalized spacial score (nSPS) is 11.4. The standard InChI is InChI=1S/C17H17ClN4O2/c1-10-6-5-7-22-16(10)19-11(2)17(22)21-20-13-9-14(23-3)12(18)8-15(13)24-4/h5-9H,1-4H3. The zero-order chi connectivity index (χ0) is 17.3. The van der Waals surface area contributed by atoms with Gasteiger partial charge in [0.15, 0.2) is 5.82 Å². The molecular weight excluding hydrogens is 328 g/mol. The molecule has 0 unspecified atom stereocenters. The van der Waals surface area contributed by atoms with Crippen LogP contribution in [-0.2, 0) is 0 Å². The number of benzene rings is 1. The highest BCUT2D eigenvalue weighted by Gasteiger charge is 2.12. The zero-order valence-corrected chi connectivity index (χ0v) is 14.6. The molecule has 7 heteroatoms. The minimum absolute atomic E-state index is 0.454. The maximum Gasteiger partial charge on any atom is 0.182 e. The summed E-state index contributed by atoms with van der Waals surface area (Å²) < 4.78 is 12.5. The molecule has 0 aliphatic rings. The fourth-order valence-corrected chi connectivity index (χ4v) is 2.68. The van der Waals surface area contributed by atoms with E-state index in [1.807, 2.05) is 36.6 Å². The summed E-state index contributed by atoms with van der Waals surface area (Å²) in [5.74, 6) is 1.70. The number of rotatable bonds is 4. The Morgan fingerprint density at radius 3 is 2.54 bits per heavy atom. The third-order valence-electron chi connectivity index (χ3n) is 3.69. The largest absolute Gasteiger partial charge is 0.495 e. The number of aryl methyl sites for hydroxylation is 2. The predicted molar refractivity (Wildman–Crippen MR) is 93.4 cm³/mol. The van der Waals surface area contributed by atoms with Crippen molar-refractivity contribution in [1.29, 1.82) is 0 Å². The van der Waals surface area contributed by atoms with Gasteiger partial charge in [-0.2, -0.15) is 0 Å². The quantitative estimate of drug-likeness (QED) is 0.623. The molecule has 0 atom stereocenters. The maximum absolute atomic E-state index is 6.11. The van der Waals surface area contributed by atoms with Gasteiger partial charge >= 0.3 is 0 Å². The molecule has 0 saturated heterocycles. The molecule has 3 aromatic rings. The van der Waals surface area contributed by atoms with Gasteiger partial charge in [-0.1, -0.05) is 17.7 Å².